The largest absolute Gasteiger partial charge is 0.317 e. The van der Waals surface area contributed by atoms with Gasteiger partial charge >= 0.3 is 0 Å². The smallest absolute Gasteiger partial charge is 0.0816 e. The van der Waals surface area contributed by atoms with Crippen molar-refractivity contribution in [3.63, 3.8) is 0 Å². The van der Waals surface area contributed by atoms with E-state index < -0.39 is 12.1 Å². The van der Waals surface area contributed by atoms with E-state index in [9.17, 15) is 0 Å². The second kappa shape index (κ2) is 4.45. The molecule has 10 heavy (non-hydrogen) atoms. The first-order chi connectivity index (χ1) is 4.76. The molecule has 4 heteroatoms. The molecule has 0 radical (unpaired) electrons. The summed E-state index contributed by atoms with van der Waals surface area (Å²) < 4.78 is 0. The van der Waals surface area contributed by atoms with Gasteiger partial charge in [-0.15, -0.1) is 13.0 Å². The summed E-state index contributed by atoms with van der Waals surface area (Å²) in [6.07, 6.45) is 6.39. The molecule has 52 valence electrons. The Morgan fingerprint density at radius 1 is 1.90 bits per heavy atom. The first kappa shape index (κ1) is 8.57. The van der Waals surface area contributed by atoms with Crippen LogP contribution in [-0.2, 0) is 0 Å². The zero-order valence-corrected chi connectivity index (χ0v) is 5.44. The van der Waals surface area contributed by atoms with Crippen LogP contribution in [0.25, 0.3) is 10.4 Å². The third-order valence-corrected chi connectivity index (χ3v) is 0.987. The first-order valence-electron chi connectivity index (χ1n) is 2.64. The molecule has 0 heterocycles. The molecular weight excluding hydrogens is 128 g/mol. The number of rotatable bonds is 3. The molecule has 0 aromatic heterocycles. The van der Waals surface area contributed by atoms with Gasteiger partial charge in [0.25, 0.3) is 0 Å². The van der Waals surface area contributed by atoms with Crippen molar-refractivity contribution in [2.45, 2.75) is 12.1 Å². The monoisotopic (exact) mass is 136 g/mol. The summed E-state index contributed by atoms with van der Waals surface area (Å²) in [4.78, 5) is 2.55. The molecule has 0 saturated carbocycles. The van der Waals surface area contributed by atoms with Crippen molar-refractivity contribution in [3.05, 3.63) is 23.1 Å². The van der Waals surface area contributed by atoms with Gasteiger partial charge in [0.05, 0.1) is 12.1 Å². The summed E-state index contributed by atoms with van der Waals surface area (Å²) in [6.45, 7) is 3.41. The third-order valence-electron chi connectivity index (χ3n) is 0.987. The van der Waals surface area contributed by atoms with Crippen LogP contribution < -0.4 is 5.73 Å². The van der Waals surface area contributed by atoms with Crippen LogP contribution in [0.1, 0.15) is 0 Å². The molecule has 0 aliphatic heterocycles. The van der Waals surface area contributed by atoms with Crippen LogP contribution in [0.5, 0.6) is 0 Å². The average molecular weight is 136 g/mol. The Morgan fingerprint density at radius 3 is 2.80 bits per heavy atom. The molecule has 4 nitrogen and oxygen atoms in total. The molecule has 0 spiro atoms. The minimum absolute atomic E-state index is 0.505. The van der Waals surface area contributed by atoms with Gasteiger partial charge in [0.2, 0.25) is 0 Å². The highest BCUT2D eigenvalue weighted by Gasteiger charge is 2.07. The van der Waals surface area contributed by atoms with Gasteiger partial charge in [-0.25, -0.2) is 0 Å². The van der Waals surface area contributed by atoms with E-state index in [4.69, 9.17) is 17.7 Å². The van der Waals surface area contributed by atoms with Crippen molar-refractivity contribution in [1.82, 2.24) is 0 Å². The second-order valence-corrected chi connectivity index (χ2v) is 1.62. The number of nitrogens with two attached hydrogens (primary N) is 1. The van der Waals surface area contributed by atoms with E-state index in [-0.39, 0.29) is 0 Å². The molecule has 2 unspecified atom stereocenters. The van der Waals surface area contributed by atoms with Crippen LogP contribution in [0.2, 0.25) is 0 Å². The van der Waals surface area contributed by atoms with E-state index in [0.29, 0.717) is 0 Å². The molecule has 0 rings (SSSR count). The fraction of sp³-hybridized carbons (Fsp3) is 0.333. The Balaban J connectivity index is 4.22. The van der Waals surface area contributed by atoms with Crippen molar-refractivity contribution in [3.8, 4) is 12.3 Å². The van der Waals surface area contributed by atoms with E-state index in [1.807, 2.05) is 0 Å². The maximum absolute atomic E-state index is 8.00. The van der Waals surface area contributed by atoms with E-state index in [1.54, 1.807) is 0 Å². The van der Waals surface area contributed by atoms with Crippen molar-refractivity contribution in [1.29, 1.82) is 0 Å². The van der Waals surface area contributed by atoms with Crippen molar-refractivity contribution in [2.24, 2.45) is 10.8 Å². The number of terminal acetylenes is 1. The maximum atomic E-state index is 8.00. The van der Waals surface area contributed by atoms with E-state index in [1.165, 1.54) is 6.08 Å². The second-order valence-electron chi connectivity index (χ2n) is 1.62. The summed E-state index contributed by atoms with van der Waals surface area (Å²) in [5, 5.41) is 3.31. The lowest BCUT2D eigenvalue weighted by molar-refractivity contribution is 0.720. The van der Waals surface area contributed by atoms with Gasteiger partial charge in [0, 0.05) is 4.91 Å². The lowest BCUT2D eigenvalue weighted by Crippen LogP contribution is -2.29. The lowest BCUT2D eigenvalue weighted by Gasteiger charge is -2.06. The fourth-order valence-corrected chi connectivity index (χ4v) is 0.424. The fourth-order valence-electron chi connectivity index (χ4n) is 0.424. The molecule has 0 aliphatic rings. The number of azide groups is 1. The molecule has 0 aromatic carbocycles. The predicted molar refractivity (Wildman–Crippen MR) is 39.9 cm³/mol. The van der Waals surface area contributed by atoms with E-state index >= 15 is 0 Å². The standard InChI is InChI=1S/C6H8N4/c1-3-5(7)6(4-2)9-10-8/h1,4-6H,2,7H2. The Hall–Kier alpha value is -1.43. The van der Waals surface area contributed by atoms with Gasteiger partial charge in [-0.3, -0.25) is 0 Å². The zero-order valence-electron chi connectivity index (χ0n) is 5.44. The Kier molecular flexibility index (Phi) is 3.81. The van der Waals surface area contributed by atoms with Gasteiger partial charge in [-0.2, -0.15) is 0 Å². The zero-order chi connectivity index (χ0) is 7.98. The van der Waals surface area contributed by atoms with E-state index in [2.05, 4.69) is 22.5 Å². The maximum Gasteiger partial charge on any atom is 0.0816 e. The molecule has 0 aromatic rings. The highest BCUT2D eigenvalue weighted by atomic mass is 15.2. The Morgan fingerprint density at radius 2 is 2.50 bits per heavy atom. The summed E-state index contributed by atoms with van der Waals surface area (Å²) in [5.41, 5.74) is 13.3. The highest BCUT2D eigenvalue weighted by Crippen LogP contribution is 1.96. The molecule has 0 aliphatic carbocycles. The summed E-state index contributed by atoms with van der Waals surface area (Å²) in [7, 11) is 0. The number of hydrogen-bond donors (Lipinski definition) is 1. The molecule has 0 amide bonds. The van der Waals surface area contributed by atoms with Gasteiger partial charge in [-0.1, -0.05) is 17.1 Å². The van der Waals surface area contributed by atoms with E-state index in [0.717, 1.165) is 0 Å². The molecule has 0 saturated heterocycles. The first-order valence-corrected chi connectivity index (χ1v) is 2.64. The minimum atomic E-state index is -0.576. The highest BCUT2D eigenvalue weighted by molar-refractivity contribution is 5.08. The minimum Gasteiger partial charge on any atom is -0.317 e. The third kappa shape index (κ3) is 2.23. The molecule has 2 N–H and O–H groups in total. The van der Waals surface area contributed by atoms with Gasteiger partial charge in [0.15, 0.2) is 0 Å². The summed E-state index contributed by atoms with van der Waals surface area (Å²) >= 11 is 0. The van der Waals surface area contributed by atoms with Crippen LogP contribution in [0.4, 0.5) is 0 Å². The normalized spacial score (nSPS) is 14.0. The van der Waals surface area contributed by atoms with Gasteiger partial charge in [0.1, 0.15) is 0 Å². The van der Waals surface area contributed by atoms with Crippen LogP contribution in [0, 0.1) is 12.3 Å². The topological polar surface area (TPSA) is 74.8 Å². The predicted octanol–water partition coefficient (Wildman–Crippen LogP) is 0.812. The van der Waals surface area contributed by atoms with Gasteiger partial charge < -0.3 is 5.73 Å². The summed E-state index contributed by atoms with van der Waals surface area (Å²) in [6, 6.07) is -1.08. The average Bonchev–Trinajstić information content (AvgIpc) is 1.99. The van der Waals surface area contributed by atoms with Crippen molar-refractivity contribution in [2.75, 3.05) is 0 Å². The SMILES string of the molecule is C#CC(N)C(C=C)N=[N+]=[N-]. The quantitative estimate of drug-likeness (QED) is 0.201. The van der Waals surface area contributed by atoms with Crippen LogP contribution in [0.3, 0.4) is 0 Å². The molecule has 0 bridgehead atoms. The molecule has 0 fully saturated rings. The number of nitrogens with zero attached hydrogens (tertiary/aromatic N) is 3. The number of hydrogen-bond acceptors (Lipinski definition) is 2. The lowest BCUT2D eigenvalue weighted by atomic mass is 10.1. The van der Waals surface area contributed by atoms with Crippen LogP contribution in [-0.4, -0.2) is 12.1 Å². The van der Waals surface area contributed by atoms with Crippen molar-refractivity contribution < 1.29 is 0 Å². The Labute approximate surface area is 59.3 Å². The van der Waals surface area contributed by atoms with Crippen LogP contribution >= 0.6 is 0 Å². The van der Waals surface area contributed by atoms with Crippen LogP contribution in [0.15, 0.2) is 17.8 Å². The Bertz CT molecular complexity index is 196. The molecular formula is C6H8N4. The van der Waals surface area contributed by atoms with Gasteiger partial charge in [-0.05, 0) is 5.53 Å². The van der Waals surface area contributed by atoms with Crippen molar-refractivity contribution >= 4 is 0 Å². The molecule has 2 atom stereocenters. The summed E-state index contributed by atoms with van der Waals surface area (Å²) in [5.74, 6) is 2.24.